The van der Waals surface area contributed by atoms with Crippen LogP contribution in [0.1, 0.15) is 12.0 Å². The van der Waals surface area contributed by atoms with Crippen LogP contribution in [0.2, 0.25) is 0 Å². The zero-order valence-electron chi connectivity index (χ0n) is 16.2. The third-order valence-electron chi connectivity index (χ3n) is 4.65. The van der Waals surface area contributed by atoms with Crippen LogP contribution in [0.4, 0.5) is 17.2 Å². The molecule has 3 aromatic rings. The second kappa shape index (κ2) is 8.64. The highest BCUT2D eigenvalue weighted by Gasteiger charge is 2.20. The first-order valence-corrected chi connectivity index (χ1v) is 9.46. The van der Waals surface area contributed by atoms with Gasteiger partial charge in [-0.25, -0.2) is 9.97 Å². The number of aromatic nitrogens is 2. The van der Waals surface area contributed by atoms with Crippen LogP contribution in [0, 0.1) is 12.3 Å². The molecule has 1 aliphatic heterocycles. The molecule has 150 valence electrons. The van der Waals surface area contributed by atoms with E-state index >= 15 is 0 Å². The summed E-state index contributed by atoms with van der Waals surface area (Å²) in [7, 11) is 0. The Morgan fingerprint density at radius 3 is 3.00 bits per heavy atom. The second-order valence-corrected chi connectivity index (χ2v) is 6.73. The minimum absolute atomic E-state index is 0.0761. The van der Waals surface area contributed by atoms with E-state index < -0.39 is 0 Å². The number of rotatable bonds is 6. The van der Waals surface area contributed by atoms with E-state index in [4.69, 9.17) is 15.9 Å². The molecule has 2 heterocycles. The topological polar surface area (TPSA) is 85.4 Å². The lowest BCUT2D eigenvalue weighted by Gasteiger charge is -2.17. The van der Waals surface area contributed by atoms with Gasteiger partial charge in [-0.05, 0) is 30.3 Å². The molecule has 0 bridgehead atoms. The Labute approximate surface area is 174 Å². The number of terminal acetylenes is 1. The quantitative estimate of drug-likeness (QED) is 0.485. The second-order valence-electron chi connectivity index (χ2n) is 6.73. The van der Waals surface area contributed by atoms with Crippen LogP contribution in [0.15, 0.2) is 55.4 Å². The Kier molecular flexibility index (Phi) is 5.59. The number of carbonyl (C=O) groups excluding carboxylic acids is 1. The van der Waals surface area contributed by atoms with Crippen LogP contribution in [-0.4, -0.2) is 35.2 Å². The summed E-state index contributed by atoms with van der Waals surface area (Å²) in [4.78, 5) is 20.7. The fourth-order valence-electron chi connectivity index (χ4n) is 3.17. The molecule has 1 aliphatic rings. The number of carbonyl (C=O) groups is 1. The van der Waals surface area contributed by atoms with Gasteiger partial charge in [0.05, 0.1) is 24.4 Å². The van der Waals surface area contributed by atoms with Gasteiger partial charge in [0.1, 0.15) is 24.0 Å². The Morgan fingerprint density at radius 2 is 2.23 bits per heavy atom. The molecule has 7 nitrogen and oxygen atoms in total. The molecule has 0 radical (unpaired) electrons. The van der Waals surface area contributed by atoms with Gasteiger partial charge in [-0.2, -0.15) is 0 Å². The number of amides is 1. The molecule has 7 heteroatoms. The molecule has 0 unspecified atom stereocenters. The van der Waals surface area contributed by atoms with Crippen molar-refractivity contribution in [2.24, 2.45) is 0 Å². The number of hydrogen-bond acceptors (Lipinski definition) is 6. The molecule has 2 N–H and O–H groups in total. The van der Waals surface area contributed by atoms with Gasteiger partial charge >= 0.3 is 0 Å². The monoisotopic (exact) mass is 400 g/mol. The van der Waals surface area contributed by atoms with Crippen molar-refractivity contribution in [1.29, 1.82) is 0 Å². The van der Waals surface area contributed by atoms with Crippen LogP contribution in [0.25, 0.3) is 10.9 Å². The summed E-state index contributed by atoms with van der Waals surface area (Å²) in [5.74, 6) is 3.38. The lowest BCUT2D eigenvalue weighted by molar-refractivity contribution is -0.111. The van der Waals surface area contributed by atoms with E-state index in [1.165, 1.54) is 12.4 Å². The van der Waals surface area contributed by atoms with Crippen LogP contribution >= 0.6 is 0 Å². The van der Waals surface area contributed by atoms with Crippen LogP contribution in [0.3, 0.4) is 0 Å². The van der Waals surface area contributed by atoms with Crippen molar-refractivity contribution >= 4 is 34.0 Å². The van der Waals surface area contributed by atoms with Crippen molar-refractivity contribution < 1.29 is 14.3 Å². The van der Waals surface area contributed by atoms with Gasteiger partial charge < -0.3 is 20.1 Å². The summed E-state index contributed by atoms with van der Waals surface area (Å²) < 4.78 is 11.5. The predicted molar refractivity (Wildman–Crippen MR) is 116 cm³/mol. The number of nitrogens with one attached hydrogen (secondary N) is 2. The fraction of sp³-hybridized carbons (Fsp3) is 0.174. The van der Waals surface area contributed by atoms with Gasteiger partial charge in [-0.1, -0.05) is 18.6 Å². The van der Waals surface area contributed by atoms with Gasteiger partial charge in [0.25, 0.3) is 0 Å². The van der Waals surface area contributed by atoms with Crippen LogP contribution < -0.4 is 15.4 Å². The smallest absolute Gasteiger partial charge is 0.247 e. The van der Waals surface area contributed by atoms with E-state index in [1.807, 2.05) is 24.3 Å². The van der Waals surface area contributed by atoms with Gasteiger partial charge in [0.15, 0.2) is 0 Å². The molecule has 1 aromatic heterocycles. The summed E-state index contributed by atoms with van der Waals surface area (Å²) in [5.41, 5.74) is 2.73. The molecule has 1 amide bonds. The number of ether oxygens (including phenoxy) is 2. The number of fused-ring (bicyclic) bond motifs is 1. The standard InChI is InChI=1S/C23H20N4O3/c1-3-15-6-5-7-16(10-15)26-23-18-11-20(27-22(28)4-2)21(12-19(18)24-14-25-23)30-17-8-9-29-13-17/h1,4-7,10-12,14,17H,2,8-9,13H2,(H,27,28)(H,24,25,26)/t17-/m0/s1. The molecule has 1 saturated heterocycles. The van der Waals surface area contributed by atoms with E-state index in [-0.39, 0.29) is 12.0 Å². The van der Waals surface area contributed by atoms with Crippen molar-refractivity contribution in [3.63, 3.8) is 0 Å². The zero-order chi connectivity index (χ0) is 20.9. The Balaban J connectivity index is 1.74. The largest absolute Gasteiger partial charge is 0.486 e. The number of anilines is 3. The van der Waals surface area contributed by atoms with Crippen LogP contribution in [0.5, 0.6) is 5.75 Å². The first-order valence-electron chi connectivity index (χ1n) is 9.46. The third kappa shape index (κ3) is 4.24. The van der Waals surface area contributed by atoms with E-state index in [1.54, 1.807) is 12.1 Å². The highest BCUT2D eigenvalue weighted by atomic mass is 16.5. The van der Waals surface area contributed by atoms with E-state index in [9.17, 15) is 4.79 Å². The molecule has 30 heavy (non-hydrogen) atoms. The van der Waals surface area contributed by atoms with Gasteiger partial charge in [0, 0.05) is 29.1 Å². The number of benzene rings is 2. The van der Waals surface area contributed by atoms with Gasteiger partial charge in [0.2, 0.25) is 5.91 Å². The van der Waals surface area contributed by atoms with E-state index in [2.05, 4.69) is 33.1 Å². The minimum Gasteiger partial charge on any atom is -0.486 e. The first kappa shape index (κ1) is 19.4. The van der Waals surface area contributed by atoms with Gasteiger partial charge in [-0.15, -0.1) is 6.42 Å². The maximum atomic E-state index is 12.0. The summed E-state index contributed by atoms with van der Waals surface area (Å²) in [5, 5.41) is 6.79. The molecular formula is C23H20N4O3. The molecule has 4 rings (SSSR count). The van der Waals surface area contributed by atoms with Crippen LogP contribution in [-0.2, 0) is 9.53 Å². The zero-order valence-corrected chi connectivity index (χ0v) is 16.2. The number of nitrogens with zero attached hydrogens (tertiary/aromatic N) is 2. The maximum absolute atomic E-state index is 12.0. The normalized spacial score (nSPS) is 15.4. The highest BCUT2D eigenvalue weighted by Crippen LogP contribution is 2.34. The van der Waals surface area contributed by atoms with Crippen molar-refractivity contribution in [3.05, 3.63) is 60.9 Å². The third-order valence-corrected chi connectivity index (χ3v) is 4.65. The molecule has 2 aromatic carbocycles. The lowest BCUT2D eigenvalue weighted by atomic mass is 10.1. The summed E-state index contributed by atoms with van der Waals surface area (Å²) in [6.07, 6.45) is 8.88. The molecule has 0 spiro atoms. The predicted octanol–water partition coefficient (Wildman–Crippen LogP) is 3.65. The van der Waals surface area contributed by atoms with Gasteiger partial charge in [-0.3, -0.25) is 4.79 Å². The van der Waals surface area contributed by atoms with E-state index in [0.717, 1.165) is 23.1 Å². The summed E-state index contributed by atoms with van der Waals surface area (Å²) >= 11 is 0. The minimum atomic E-state index is -0.338. The maximum Gasteiger partial charge on any atom is 0.247 e. The van der Waals surface area contributed by atoms with Crippen molar-refractivity contribution in [3.8, 4) is 18.1 Å². The molecular weight excluding hydrogens is 380 g/mol. The number of hydrogen-bond donors (Lipinski definition) is 2. The Bertz CT molecular complexity index is 1150. The van der Waals surface area contributed by atoms with Crippen molar-refractivity contribution in [1.82, 2.24) is 9.97 Å². The molecule has 1 atom stereocenters. The Hall–Kier alpha value is -3.89. The Morgan fingerprint density at radius 1 is 1.33 bits per heavy atom. The summed E-state index contributed by atoms with van der Waals surface area (Å²) in [6.45, 7) is 4.68. The lowest BCUT2D eigenvalue weighted by Crippen LogP contribution is -2.18. The SMILES string of the molecule is C#Cc1cccc(Nc2ncnc3cc(O[C@H]4CCOC4)c(NC(=O)C=C)cc23)c1. The van der Waals surface area contributed by atoms with Crippen molar-refractivity contribution in [2.75, 3.05) is 23.8 Å². The average Bonchev–Trinajstić information content (AvgIpc) is 3.27. The first-order chi connectivity index (χ1) is 14.7. The van der Waals surface area contributed by atoms with E-state index in [0.29, 0.717) is 36.0 Å². The van der Waals surface area contributed by atoms with Crippen molar-refractivity contribution in [2.45, 2.75) is 12.5 Å². The fourth-order valence-corrected chi connectivity index (χ4v) is 3.17. The molecule has 0 saturated carbocycles. The molecule has 0 aliphatic carbocycles. The average molecular weight is 400 g/mol. The summed E-state index contributed by atoms with van der Waals surface area (Å²) in [6, 6.07) is 11.0. The molecule has 1 fully saturated rings. The highest BCUT2D eigenvalue weighted by molar-refractivity contribution is 6.03.